The van der Waals surface area contributed by atoms with Crippen LogP contribution in [0.1, 0.15) is 32.6 Å². The highest BCUT2D eigenvalue weighted by atomic mass is 15.1. The van der Waals surface area contributed by atoms with E-state index in [0.717, 1.165) is 18.5 Å². The van der Waals surface area contributed by atoms with Gasteiger partial charge in [-0.3, -0.25) is 4.90 Å². The maximum atomic E-state index is 3.66. The first-order chi connectivity index (χ1) is 7.38. The molecule has 15 heavy (non-hydrogen) atoms. The summed E-state index contributed by atoms with van der Waals surface area (Å²) in [5, 5.41) is 3.66. The summed E-state index contributed by atoms with van der Waals surface area (Å²) in [5.41, 5.74) is 0. The molecule has 0 spiro atoms. The Hall–Kier alpha value is -0.340. The first-order valence-electron chi connectivity index (χ1n) is 6.49. The van der Waals surface area contributed by atoms with Gasteiger partial charge in [0.15, 0.2) is 0 Å². The summed E-state index contributed by atoms with van der Waals surface area (Å²) in [4.78, 5) is 2.58. The fourth-order valence-corrected chi connectivity index (χ4v) is 2.77. The highest BCUT2D eigenvalue weighted by molar-refractivity contribution is 4.92. The van der Waals surface area contributed by atoms with Crippen molar-refractivity contribution in [2.24, 2.45) is 5.92 Å². The zero-order valence-electron chi connectivity index (χ0n) is 9.91. The Morgan fingerprint density at radius 2 is 2.33 bits per heavy atom. The minimum absolute atomic E-state index is 0.746. The smallest absolute Gasteiger partial charge is 0.0197 e. The molecule has 2 aliphatic rings. The average Bonchev–Trinajstić information content (AvgIpc) is 2.31. The molecule has 1 fully saturated rings. The predicted octanol–water partition coefficient (Wildman–Crippen LogP) is 2.03. The summed E-state index contributed by atoms with van der Waals surface area (Å²) in [5.74, 6) is 0.969. The van der Waals surface area contributed by atoms with Gasteiger partial charge in [-0.1, -0.05) is 25.5 Å². The fourth-order valence-electron chi connectivity index (χ4n) is 2.77. The number of rotatable bonds is 3. The monoisotopic (exact) mass is 208 g/mol. The Bertz CT molecular complexity index is 213. The van der Waals surface area contributed by atoms with Gasteiger partial charge in [0, 0.05) is 25.7 Å². The molecule has 0 aliphatic carbocycles. The van der Waals surface area contributed by atoms with Gasteiger partial charge in [-0.25, -0.2) is 0 Å². The van der Waals surface area contributed by atoms with Crippen molar-refractivity contribution in [2.45, 2.75) is 38.6 Å². The van der Waals surface area contributed by atoms with E-state index in [2.05, 4.69) is 29.3 Å². The normalized spacial score (nSPS) is 33.1. The van der Waals surface area contributed by atoms with Gasteiger partial charge >= 0.3 is 0 Å². The summed E-state index contributed by atoms with van der Waals surface area (Å²) >= 11 is 0. The number of nitrogens with one attached hydrogen (secondary N) is 1. The molecule has 1 N–H and O–H groups in total. The summed E-state index contributed by atoms with van der Waals surface area (Å²) in [7, 11) is 0. The van der Waals surface area contributed by atoms with Gasteiger partial charge < -0.3 is 5.32 Å². The molecule has 0 bridgehead atoms. The second kappa shape index (κ2) is 5.66. The third-order valence-corrected chi connectivity index (χ3v) is 3.80. The molecule has 2 rings (SSSR count). The molecule has 2 unspecified atom stereocenters. The van der Waals surface area contributed by atoms with Crippen molar-refractivity contribution < 1.29 is 0 Å². The molecule has 0 aromatic heterocycles. The standard InChI is InChI=1S/C13H24N2/c1-2-12-6-7-14-13(10-12)11-15-8-4-3-5-9-15/h3-4,12-14H,2,5-11H2,1H3. The number of hydrogen-bond acceptors (Lipinski definition) is 2. The summed E-state index contributed by atoms with van der Waals surface area (Å²) in [6.45, 7) is 7.23. The van der Waals surface area contributed by atoms with Crippen LogP contribution in [0, 0.1) is 5.92 Å². The lowest BCUT2D eigenvalue weighted by Gasteiger charge is -2.34. The van der Waals surface area contributed by atoms with E-state index in [0.29, 0.717) is 0 Å². The number of piperidine rings is 1. The molecule has 0 saturated carbocycles. The quantitative estimate of drug-likeness (QED) is 0.714. The van der Waals surface area contributed by atoms with Crippen LogP contribution in [0.3, 0.4) is 0 Å². The van der Waals surface area contributed by atoms with Crippen LogP contribution in [0.2, 0.25) is 0 Å². The largest absolute Gasteiger partial charge is 0.313 e. The molecule has 2 aliphatic heterocycles. The van der Waals surface area contributed by atoms with Crippen LogP contribution >= 0.6 is 0 Å². The van der Waals surface area contributed by atoms with Crippen LogP contribution in [0.15, 0.2) is 12.2 Å². The number of hydrogen-bond donors (Lipinski definition) is 1. The Balaban J connectivity index is 1.75. The SMILES string of the molecule is CCC1CCNC(CN2CC=CCC2)C1. The van der Waals surface area contributed by atoms with Gasteiger partial charge in [0.1, 0.15) is 0 Å². The van der Waals surface area contributed by atoms with Crippen LogP contribution in [-0.4, -0.2) is 37.1 Å². The lowest BCUT2D eigenvalue weighted by Crippen LogP contribution is -2.46. The molecule has 0 amide bonds. The van der Waals surface area contributed by atoms with E-state index < -0.39 is 0 Å². The van der Waals surface area contributed by atoms with Gasteiger partial charge in [-0.05, 0) is 31.7 Å². The van der Waals surface area contributed by atoms with E-state index in [4.69, 9.17) is 0 Å². The molecule has 0 aromatic carbocycles. The Kier molecular flexibility index (Phi) is 4.21. The molecular weight excluding hydrogens is 184 g/mol. The summed E-state index contributed by atoms with van der Waals surface area (Å²) < 4.78 is 0. The molecule has 0 radical (unpaired) electrons. The third kappa shape index (κ3) is 3.32. The summed E-state index contributed by atoms with van der Waals surface area (Å²) in [6, 6.07) is 0.746. The van der Waals surface area contributed by atoms with Crippen LogP contribution < -0.4 is 5.32 Å². The zero-order valence-corrected chi connectivity index (χ0v) is 9.91. The minimum Gasteiger partial charge on any atom is -0.313 e. The number of nitrogens with zero attached hydrogens (tertiary/aromatic N) is 1. The Labute approximate surface area is 93.7 Å². The highest BCUT2D eigenvalue weighted by Gasteiger charge is 2.22. The summed E-state index contributed by atoms with van der Waals surface area (Å²) in [6.07, 6.45) is 9.98. The fraction of sp³-hybridized carbons (Fsp3) is 0.846. The zero-order chi connectivity index (χ0) is 10.5. The maximum Gasteiger partial charge on any atom is 0.0197 e. The molecule has 86 valence electrons. The van der Waals surface area contributed by atoms with Crippen molar-refractivity contribution in [3.63, 3.8) is 0 Å². The molecule has 0 aromatic rings. The van der Waals surface area contributed by atoms with Crippen LogP contribution in [0.4, 0.5) is 0 Å². The van der Waals surface area contributed by atoms with Crippen molar-refractivity contribution in [2.75, 3.05) is 26.2 Å². The van der Waals surface area contributed by atoms with Crippen molar-refractivity contribution >= 4 is 0 Å². The highest BCUT2D eigenvalue weighted by Crippen LogP contribution is 2.20. The maximum absolute atomic E-state index is 3.66. The van der Waals surface area contributed by atoms with Crippen molar-refractivity contribution in [1.82, 2.24) is 10.2 Å². The van der Waals surface area contributed by atoms with Crippen molar-refractivity contribution in [3.8, 4) is 0 Å². The first-order valence-corrected chi connectivity index (χ1v) is 6.49. The van der Waals surface area contributed by atoms with E-state index in [1.165, 1.54) is 45.3 Å². The third-order valence-electron chi connectivity index (χ3n) is 3.80. The van der Waals surface area contributed by atoms with Crippen LogP contribution in [0.25, 0.3) is 0 Å². The van der Waals surface area contributed by atoms with E-state index in [-0.39, 0.29) is 0 Å². The lowest BCUT2D eigenvalue weighted by atomic mass is 9.90. The molecule has 2 heteroatoms. The van der Waals surface area contributed by atoms with Crippen LogP contribution in [-0.2, 0) is 0 Å². The average molecular weight is 208 g/mol. The Morgan fingerprint density at radius 1 is 1.40 bits per heavy atom. The van der Waals surface area contributed by atoms with E-state index in [9.17, 15) is 0 Å². The van der Waals surface area contributed by atoms with Gasteiger partial charge in [-0.2, -0.15) is 0 Å². The predicted molar refractivity (Wildman–Crippen MR) is 65.0 cm³/mol. The second-order valence-corrected chi connectivity index (χ2v) is 4.97. The molecule has 2 heterocycles. The van der Waals surface area contributed by atoms with Gasteiger partial charge in [0.2, 0.25) is 0 Å². The topological polar surface area (TPSA) is 15.3 Å². The molecular formula is C13H24N2. The Morgan fingerprint density at radius 3 is 3.07 bits per heavy atom. The molecule has 1 saturated heterocycles. The lowest BCUT2D eigenvalue weighted by molar-refractivity contribution is 0.210. The van der Waals surface area contributed by atoms with Crippen LogP contribution in [0.5, 0.6) is 0 Å². The van der Waals surface area contributed by atoms with E-state index in [1.54, 1.807) is 0 Å². The first kappa shape index (κ1) is 11.2. The van der Waals surface area contributed by atoms with Crippen molar-refractivity contribution in [1.29, 1.82) is 0 Å². The van der Waals surface area contributed by atoms with E-state index in [1.807, 2.05) is 0 Å². The van der Waals surface area contributed by atoms with E-state index >= 15 is 0 Å². The van der Waals surface area contributed by atoms with Gasteiger partial charge in [0.25, 0.3) is 0 Å². The second-order valence-electron chi connectivity index (χ2n) is 4.97. The van der Waals surface area contributed by atoms with Gasteiger partial charge in [-0.15, -0.1) is 0 Å². The van der Waals surface area contributed by atoms with Gasteiger partial charge in [0.05, 0.1) is 0 Å². The van der Waals surface area contributed by atoms with Crippen molar-refractivity contribution in [3.05, 3.63) is 12.2 Å². The molecule has 2 atom stereocenters. The molecule has 2 nitrogen and oxygen atoms in total. The minimum atomic E-state index is 0.746.